The van der Waals surface area contributed by atoms with Crippen LogP contribution in [0.15, 0.2) is 63.8 Å². The summed E-state index contributed by atoms with van der Waals surface area (Å²) in [5, 5.41) is 2.92. The van der Waals surface area contributed by atoms with Crippen molar-refractivity contribution in [1.29, 1.82) is 0 Å². The first-order valence-electron chi connectivity index (χ1n) is 8.23. The molecule has 1 N–H and O–H groups in total. The molecule has 1 aromatic carbocycles. The molecule has 0 aliphatic heterocycles. The van der Waals surface area contributed by atoms with E-state index >= 15 is 0 Å². The standard InChI is InChI=1S/C20H19BrN2O3/c1-25-18-8-5-14(11-16(18)21)6-9-20(24)23-13-15-4-7-17(22-12-15)19-3-2-10-26-19/h2-5,7-8,10-12H,6,9,13H2,1H3,(H,23,24). The van der Waals surface area contributed by atoms with Crippen LogP contribution in [0.25, 0.3) is 11.5 Å². The molecule has 134 valence electrons. The SMILES string of the molecule is COc1ccc(CCC(=O)NCc2ccc(-c3ccco3)nc2)cc1Br. The third kappa shape index (κ3) is 4.73. The summed E-state index contributed by atoms with van der Waals surface area (Å²) in [5.41, 5.74) is 2.80. The highest BCUT2D eigenvalue weighted by Crippen LogP contribution is 2.26. The number of methoxy groups -OCH3 is 1. The molecule has 3 rings (SSSR count). The number of rotatable bonds is 7. The molecule has 26 heavy (non-hydrogen) atoms. The van der Waals surface area contributed by atoms with Gasteiger partial charge in [-0.05, 0) is 63.8 Å². The number of nitrogens with one attached hydrogen (secondary N) is 1. The van der Waals surface area contributed by atoms with Crippen LogP contribution in [-0.4, -0.2) is 18.0 Å². The van der Waals surface area contributed by atoms with E-state index in [1.165, 1.54) is 0 Å². The van der Waals surface area contributed by atoms with E-state index < -0.39 is 0 Å². The monoisotopic (exact) mass is 414 g/mol. The quantitative estimate of drug-likeness (QED) is 0.623. The molecule has 0 bridgehead atoms. The van der Waals surface area contributed by atoms with Crippen molar-refractivity contribution in [1.82, 2.24) is 10.3 Å². The molecule has 3 aromatic rings. The van der Waals surface area contributed by atoms with Gasteiger partial charge >= 0.3 is 0 Å². The smallest absolute Gasteiger partial charge is 0.220 e. The predicted molar refractivity (Wildman–Crippen MR) is 103 cm³/mol. The van der Waals surface area contributed by atoms with E-state index in [2.05, 4.69) is 26.2 Å². The van der Waals surface area contributed by atoms with Gasteiger partial charge in [-0.3, -0.25) is 9.78 Å². The predicted octanol–water partition coefficient (Wildman–Crippen LogP) is 4.36. The molecule has 6 heteroatoms. The van der Waals surface area contributed by atoms with Gasteiger partial charge in [0.15, 0.2) is 5.76 Å². The minimum absolute atomic E-state index is 0.00653. The Hall–Kier alpha value is -2.60. The third-order valence-electron chi connectivity index (χ3n) is 3.94. The Morgan fingerprint density at radius 3 is 2.73 bits per heavy atom. The summed E-state index contributed by atoms with van der Waals surface area (Å²) in [6, 6.07) is 13.3. The number of amides is 1. The Balaban J connectivity index is 1.47. The van der Waals surface area contributed by atoms with Crippen LogP contribution in [-0.2, 0) is 17.8 Å². The minimum atomic E-state index is 0.00653. The number of aryl methyl sites for hydroxylation is 1. The average molecular weight is 415 g/mol. The normalized spacial score (nSPS) is 10.5. The number of hydrogen-bond acceptors (Lipinski definition) is 4. The zero-order valence-electron chi connectivity index (χ0n) is 14.4. The summed E-state index contributed by atoms with van der Waals surface area (Å²) in [5.74, 6) is 1.52. The van der Waals surface area contributed by atoms with Gasteiger partial charge in [-0.1, -0.05) is 12.1 Å². The molecule has 1 amide bonds. The van der Waals surface area contributed by atoms with E-state index in [4.69, 9.17) is 9.15 Å². The maximum atomic E-state index is 12.1. The fourth-order valence-electron chi connectivity index (χ4n) is 2.51. The molecule has 0 spiro atoms. The van der Waals surface area contributed by atoms with Crippen molar-refractivity contribution >= 4 is 21.8 Å². The highest BCUT2D eigenvalue weighted by molar-refractivity contribution is 9.10. The third-order valence-corrected chi connectivity index (χ3v) is 4.56. The van der Waals surface area contributed by atoms with Crippen molar-refractivity contribution in [3.63, 3.8) is 0 Å². The summed E-state index contributed by atoms with van der Waals surface area (Å²) in [6.45, 7) is 0.455. The molecule has 0 saturated heterocycles. The second-order valence-electron chi connectivity index (χ2n) is 5.77. The fourth-order valence-corrected chi connectivity index (χ4v) is 3.10. The van der Waals surface area contributed by atoms with Crippen molar-refractivity contribution < 1.29 is 13.9 Å². The first-order chi connectivity index (χ1) is 12.7. The number of aromatic nitrogens is 1. The molecule has 5 nitrogen and oxygen atoms in total. The van der Waals surface area contributed by atoms with Gasteiger partial charge in [0.25, 0.3) is 0 Å². The number of carbonyl (C=O) groups excluding carboxylic acids is 1. The topological polar surface area (TPSA) is 64.4 Å². The molecule has 0 unspecified atom stereocenters. The van der Waals surface area contributed by atoms with Crippen LogP contribution < -0.4 is 10.1 Å². The summed E-state index contributed by atoms with van der Waals surface area (Å²) in [4.78, 5) is 16.4. The van der Waals surface area contributed by atoms with Crippen LogP contribution in [0.2, 0.25) is 0 Å². The first kappa shape index (κ1) is 18.2. The fraction of sp³-hybridized carbons (Fsp3) is 0.200. The average Bonchev–Trinajstić information content (AvgIpc) is 3.20. The summed E-state index contributed by atoms with van der Waals surface area (Å²) >= 11 is 3.46. The molecule has 0 fully saturated rings. The summed E-state index contributed by atoms with van der Waals surface area (Å²) < 4.78 is 11.4. The van der Waals surface area contributed by atoms with Gasteiger partial charge in [-0.15, -0.1) is 0 Å². The minimum Gasteiger partial charge on any atom is -0.496 e. The molecular weight excluding hydrogens is 396 g/mol. The van der Waals surface area contributed by atoms with Crippen LogP contribution in [0.3, 0.4) is 0 Å². The number of carbonyl (C=O) groups is 1. The largest absolute Gasteiger partial charge is 0.496 e. The second kappa shape index (κ2) is 8.67. The molecule has 2 heterocycles. The zero-order chi connectivity index (χ0) is 18.4. The van der Waals surface area contributed by atoms with E-state index in [1.54, 1.807) is 19.6 Å². The van der Waals surface area contributed by atoms with E-state index in [-0.39, 0.29) is 5.91 Å². The van der Waals surface area contributed by atoms with Gasteiger partial charge < -0.3 is 14.5 Å². The lowest BCUT2D eigenvalue weighted by Crippen LogP contribution is -2.23. The number of benzene rings is 1. The Bertz CT molecular complexity index is 861. The van der Waals surface area contributed by atoms with Gasteiger partial charge in [0.05, 0.1) is 17.8 Å². The van der Waals surface area contributed by atoms with E-state index in [1.807, 2.05) is 42.5 Å². The number of halogens is 1. The highest BCUT2D eigenvalue weighted by atomic mass is 79.9. The molecule has 0 atom stereocenters. The molecule has 0 aliphatic carbocycles. The second-order valence-corrected chi connectivity index (χ2v) is 6.63. The van der Waals surface area contributed by atoms with Gasteiger partial charge in [-0.2, -0.15) is 0 Å². The zero-order valence-corrected chi connectivity index (χ0v) is 16.0. The number of ether oxygens (including phenoxy) is 1. The Kier molecular flexibility index (Phi) is 6.07. The molecule has 0 radical (unpaired) electrons. The lowest BCUT2D eigenvalue weighted by atomic mass is 10.1. The van der Waals surface area contributed by atoms with E-state index in [9.17, 15) is 4.79 Å². The maximum Gasteiger partial charge on any atom is 0.220 e. The molecular formula is C20H19BrN2O3. The van der Waals surface area contributed by atoms with Crippen molar-refractivity contribution in [2.75, 3.05) is 7.11 Å². The van der Waals surface area contributed by atoms with E-state index in [0.29, 0.717) is 19.4 Å². The van der Waals surface area contributed by atoms with Crippen LogP contribution in [0.5, 0.6) is 5.75 Å². The van der Waals surface area contributed by atoms with Crippen LogP contribution >= 0.6 is 15.9 Å². The van der Waals surface area contributed by atoms with Crippen LogP contribution in [0.1, 0.15) is 17.5 Å². The Morgan fingerprint density at radius 2 is 2.08 bits per heavy atom. The van der Waals surface area contributed by atoms with Crippen molar-refractivity contribution in [2.24, 2.45) is 0 Å². The van der Waals surface area contributed by atoms with Crippen molar-refractivity contribution in [2.45, 2.75) is 19.4 Å². The van der Waals surface area contributed by atoms with Crippen LogP contribution in [0.4, 0.5) is 0 Å². The van der Waals surface area contributed by atoms with E-state index in [0.717, 1.165) is 32.8 Å². The Morgan fingerprint density at radius 1 is 1.23 bits per heavy atom. The van der Waals surface area contributed by atoms with Gasteiger partial charge in [0.1, 0.15) is 11.4 Å². The lowest BCUT2D eigenvalue weighted by molar-refractivity contribution is -0.121. The maximum absolute atomic E-state index is 12.1. The summed E-state index contributed by atoms with van der Waals surface area (Å²) in [7, 11) is 1.63. The summed E-state index contributed by atoms with van der Waals surface area (Å²) in [6.07, 6.45) is 4.46. The first-order valence-corrected chi connectivity index (χ1v) is 9.03. The van der Waals surface area contributed by atoms with Crippen molar-refractivity contribution in [3.8, 4) is 17.2 Å². The van der Waals surface area contributed by atoms with Gasteiger partial charge in [-0.25, -0.2) is 0 Å². The number of furan rings is 1. The molecule has 0 saturated carbocycles. The molecule has 2 aromatic heterocycles. The number of nitrogens with zero attached hydrogens (tertiary/aromatic N) is 1. The van der Waals surface area contributed by atoms with Crippen molar-refractivity contribution in [3.05, 3.63) is 70.5 Å². The number of pyridine rings is 1. The van der Waals surface area contributed by atoms with Gasteiger partial charge in [0.2, 0.25) is 5.91 Å². The van der Waals surface area contributed by atoms with Crippen LogP contribution in [0, 0.1) is 0 Å². The van der Waals surface area contributed by atoms with Gasteiger partial charge in [0, 0.05) is 19.2 Å². The number of hydrogen-bond donors (Lipinski definition) is 1. The molecule has 0 aliphatic rings. The highest BCUT2D eigenvalue weighted by Gasteiger charge is 2.06. The lowest BCUT2D eigenvalue weighted by Gasteiger charge is -2.08. The Labute approximate surface area is 160 Å².